The maximum Gasteiger partial charge on any atom is 0.417 e. The van der Waals surface area contributed by atoms with Gasteiger partial charge >= 0.3 is 12.4 Å². The zero-order valence-electron chi connectivity index (χ0n) is 11.5. The molecule has 3 rings (SSSR count). The second kappa shape index (κ2) is 5.15. The van der Waals surface area contributed by atoms with Gasteiger partial charge in [0.1, 0.15) is 0 Å². The summed E-state index contributed by atoms with van der Waals surface area (Å²) in [6, 6.07) is 9.31. The molecule has 1 aliphatic carbocycles. The Bertz CT molecular complexity index is 767. The molecule has 0 fully saturated rings. The molecule has 6 heteroatoms. The molecule has 0 aromatic heterocycles. The second-order valence-corrected chi connectivity index (χ2v) is 5.23. The molecule has 1 unspecified atom stereocenters. The van der Waals surface area contributed by atoms with Crippen LogP contribution in [0.1, 0.15) is 33.7 Å². The molecule has 120 valence electrons. The van der Waals surface area contributed by atoms with Gasteiger partial charge in [-0.3, -0.25) is 0 Å². The minimum absolute atomic E-state index is 0.381. The summed E-state index contributed by atoms with van der Waals surface area (Å²) in [4.78, 5) is 0. The molecule has 23 heavy (non-hydrogen) atoms. The Labute approximate surface area is 128 Å². The molecule has 0 nitrogen and oxygen atoms in total. The number of benzene rings is 2. The lowest BCUT2D eigenvalue weighted by Crippen LogP contribution is -2.20. The van der Waals surface area contributed by atoms with E-state index in [2.05, 4.69) is 0 Å². The highest BCUT2D eigenvalue weighted by Gasteiger charge is 2.45. The van der Waals surface area contributed by atoms with Crippen molar-refractivity contribution in [2.24, 2.45) is 0 Å². The van der Waals surface area contributed by atoms with Gasteiger partial charge in [0.25, 0.3) is 0 Å². The predicted molar refractivity (Wildman–Crippen MR) is 73.8 cm³/mol. The summed E-state index contributed by atoms with van der Waals surface area (Å²) in [6.07, 6.45) is -7.04. The topological polar surface area (TPSA) is 0 Å². The van der Waals surface area contributed by atoms with E-state index >= 15 is 0 Å². The van der Waals surface area contributed by atoms with Gasteiger partial charge < -0.3 is 0 Å². The van der Waals surface area contributed by atoms with E-state index in [0.717, 1.165) is 12.1 Å². The van der Waals surface area contributed by atoms with Crippen molar-refractivity contribution in [3.63, 3.8) is 0 Å². The van der Waals surface area contributed by atoms with E-state index in [9.17, 15) is 26.3 Å². The summed E-state index contributed by atoms with van der Waals surface area (Å²) < 4.78 is 79.1. The first-order valence-corrected chi connectivity index (χ1v) is 6.74. The Balaban J connectivity index is 2.24. The largest absolute Gasteiger partial charge is 0.417 e. The Morgan fingerprint density at radius 1 is 0.696 bits per heavy atom. The van der Waals surface area contributed by atoms with Crippen molar-refractivity contribution in [3.05, 3.63) is 76.4 Å². The molecule has 0 saturated heterocycles. The number of halogens is 6. The first-order valence-electron chi connectivity index (χ1n) is 6.74. The average Bonchev–Trinajstić information content (AvgIpc) is 2.88. The monoisotopic (exact) mass is 328 g/mol. The number of fused-ring (bicyclic) bond motifs is 1. The number of hydrogen-bond donors (Lipinski definition) is 0. The number of hydrogen-bond acceptors (Lipinski definition) is 0. The predicted octanol–water partition coefficient (Wildman–Crippen LogP) is 5.88. The van der Waals surface area contributed by atoms with Crippen molar-refractivity contribution in [1.29, 1.82) is 0 Å². The van der Waals surface area contributed by atoms with Gasteiger partial charge in [0.2, 0.25) is 0 Å². The van der Waals surface area contributed by atoms with Crippen LogP contribution in [0.15, 0.2) is 48.5 Å². The smallest absolute Gasteiger partial charge is 0.166 e. The number of rotatable bonds is 1. The minimum atomic E-state index is -5.09. The van der Waals surface area contributed by atoms with Crippen LogP contribution in [0.3, 0.4) is 0 Å². The maximum absolute atomic E-state index is 13.3. The average molecular weight is 328 g/mol. The fourth-order valence-corrected chi connectivity index (χ4v) is 2.90. The molecule has 0 aliphatic heterocycles. The fourth-order valence-electron chi connectivity index (χ4n) is 2.90. The van der Waals surface area contributed by atoms with Crippen molar-refractivity contribution < 1.29 is 26.3 Å². The zero-order valence-corrected chi connectivity index (χ0v) is 11.5. The van der Waals surface area contributed by atoms with E-state index in [1.165, 1.54) is 6.08 Å². The van der Waals surface area contributed by atoms with Gasteiger partial charge in [0.15, 0.2) is 0 Å². The third-order valence-electron chi connectivity index (χ3n) is 3.82. The van der Waals surface area contributed by atoms with E-state index in [-0.39, 0.29) is 5.56 Å². The van der Waals surface area contributed by atoms with Crippen LogP contribution in [0, 0.1) is 0 Å². The van der Waals surface area contributed by atoms with Crippen LogP contribution < -0.4 is 0 Å². The van der Waals surface area contributed by atoms with Gasteiger partial charge in [-0.25, -0.2) is 0 Å². The normalized spacial score (nSPS) is 17.4. The SMILES string of the molecule is FC(F)(F)c1cccc(C2C=Cc3ccccc32)c1C(F)(F)F. The molecule has 2 aromatic rings. The van der Waals surface area contributed by atoms with Gasteiger partial charge in [0, 0.05) is 5.92 Å². The Kier molecular flexibility index (Phi) is 3.50. The lowest BCUT2D eigenvalue weighted by molar-refractivity contribution is -0.162. The van der Waals surface area contributed by atoms with Gasteiger partial charge in [-0.2, -0.15) is 26.3 Å². The van der Waals surface area contributed by atoms with Gasteiger partial charge in [-0.15, -0.1) is 0 Å². The molecule has 0 radical (unpaired) electrons. The van der Waals surface area contributed by atoms with Crippen molar-refractivity contribution in [2.45, 2.75) is 18.3 Å². The van der Waals surface area contributed by atoms with Gasteiger partial charge in [-0.1, -0.05) is 48.6 Å². The van der Waals surface area contributed by atoms with E-state index in [1.807, 2.05) is 0 Å². The molecule has 0 amide bonds. The van der Waals surface area contributed by atoms with E-state index in [4.69, 9.17) is 0 Å². The molecule has 0 saturated carbocycles. The summed E-state index contributed by atoms with van der Waals surface area (Å²) in [5.74, 6) is -0.842. The summed E-state index contributed by atoms with van der Waals surface area (Å²) in [5.41, 5.74) is -2.37. The number of allylic oxidation sites excluding steroid dienone is 1. The van der Waals surface area contributed by atoms with Crippen molar-refractivity contribution in [2.75, 3.05) is 0 Å². The van der Waals surface area contributed by atoms with Gasteiger partial charge in [0.05, 0.1) is 11.1 Å². The minimum Gasteiger partial charge on any atom is -0.166 e. The van der Waals surface area contributed by atoms with Crippen LogP contribution in [0.4, 0.5) is 26.3 Å². The van der Waals surface area contributed by atoms with Crippen molar-refractivity contribution in [1.82, 2.24) is 0 Å². The molecule has 1 aliphatic rings. The molecule has 2 aromatic carbocycles. The Morgan fingerprint density at radius 2 is 1.35 bits per heavy atom. The van der Waals surface area contributed by atoms with Crippen LogP contribution in [0.2, 0.25) is 0 Å². The third-order valence-corrected chi connectivity index (χ3v) is 3.82. The first-order chi connectivity index (χ1) is 10.7. The van der Waals surface area contributed by atoms with Crippen LogP contribution in [0.5, 0.6) is 0 Å². The molecular weight excluding hydrogens is 318 g/mol. The third kappa shape index (κ3) is 2.73. The van der Waals surface area contributed by atoms with Crippen LogP contribution in [-0.4, -0.2) is 0 Å². The summed E-state index contributed by atoms with van der Waals surface area (Å²) in [7, 11) is 0. The van der Waals surface area contributed by atoms with Crippen LogP contribution in [-0.2, 0) is 12.4 Å². The summed E-state index contributed by atoms with van der Waals surface area (Å²) in [5, 5.41) is 0. The summed E-state index contributed by atoms with van der Waals surface area (Å²) >= 11 is 0. The van der Waals surface area contributed by atoms with Crippen LogP contribution in [0.25, 0.3) is 6.08 Å². The van der Waals surface area contributed by atoms with Gasteiger partial charge in [-0.05, 0) is 22.8 Å². The highest BCUT2D eigenvalue weighted by atomic mass is 19.4. The Hall–Kier alpha value is -2.24. The van der Waals surface area contributed by atoms with Crippen LogP contribution >= 0.6 is 0 Å². The molecule has 1 atom stereocenters. The van der Waals surface area contributed by atoms with E-state index in [1.54, 1.807) is 30.3 Å². The van der Waals surface area contributed by atoms with Crippen molar-refractivity contribution in [3.8, 4) is 0 Å². The molecular formula is C17H10F6. The lowest BCUT2D eigenvalue weighted by Gasteiger charge is -2.22. The molecule has 0 spiro atoms. The zero-order chi connectivity index (χ0) is 16.8. The lowest BCUT2D eigenvalue weighted by atomic mass is 9.87. The second-order valence-electron chi connectivity index (χ2n) is 5.23. The Morgan fingerprint density at radius 3 is 2.00 bits per heavy atom. The molecule has 0 heterocycles. The quantitative estimate of drug-likeness (QED) is 0.573. The van der Waals surface area contributed by atoms with E-state index in [0.29, 0.717) is 17.2 Å². The highest BCUT2D eigenvalue weighted by Crippen LogP contribution is 2.46. The number of alkyl halides is 6. The highest BCUT2D eigenvalue weighted by molar-refractivity contribution is 5.66. The van der Waals surface area contributed by atoms with E-state index < -0.39 is 29.4 Å². The summed E-state index contributed by atoms with van der Waals surface area (Å²) in [6.45, 7) is 0. The fraction of sp³-hybridized carbons (Fsp3) is 0.176. The first kappa shape index (κ1) is 15.6. The standard InChI is InChI=1S/C17H10F6/c18-16(19,20)14-7-3-6-13(15(14)17(21,22)23)12-9-8-10-4-1-2-5-11(10)12/h1-9,12H. The molecule has 0 bridgehead atoms. The molecule has 0 N–H and O–H groups in total. The maximum atomic E-state index is 13.3. The van der Waals surface area contributed by atoms with Crippen molar-refractivity contribution >= 4 is 6.08 Å².